The fourth-order valence-electron chi connectivity index (χ4n) is 2.51. The molecule has 4 amide bonds. The van der Waals surface area contributed by atoms with Gasteiger partial charge in [-0.1, -0.05) is 27.7 Å². The van der Waals surface area contributed by atoms with E-state index in [1.165, 1.54) is 6.92 Å². The van der Waals surface area contributed by atoms with Crippen LogP contribution in [0.3, 0.4) is 0 Å². The van der Waals surface area contributed by atoms with Crippen molar-refractivity contribution in [3.63, 3.8) is 0 Å². The second-order valence-corrected chi connectivity index (χ2v) is 7.80. The lowest BCUT2D eigenvalue weighted by Gasteiger charge is -2.28. The van der Waals surface area contributed by atoms with Gasteiger partial charge in [-0.3, -0.25) is 19.2 Å². The summed E-state index contributed by atoms with van der Waals surface area (Å²) >= 11 is 0. The number of aliphatic hydroxyl groups is 1. The molecular formula is C18H33N5O7. The van der Waals surface area contributed by atoms with Gasteiger partial charge in [-0.25, -0.2) is 4.79 Å². The number of rotatable bonds is 12. The van der Waals surface area contributed by atoms with Crippen LogP contribution in [0.4, 0.5) is 0 Å². The monoisotopic (exact) mass is 431 g/mol. The third-order valence-corrected chi connectivity index (χ3v) is 4.30. The summed E-state index contributed by atoms with van der Waals surface area (Å²) in [4.78, 5) is 59.5. The molecule has 172 valence electrons. The second kappa shape index (κ2) is 12.1. The summed E-state index contributed by atoms with van der Waals surface area (Å²) in [6.07, 6.45) is -1.81. The van der Waals surface area contributed by atoms with Gasteiger partial charge in [0.1, 0.15) is 18.1 Å². The Labute approximate surface area is 175 Å². The Morgan fingerprint density at radius 2 is 1.17 bits per heavy atom. The molecule has 0 aromatic rings. The first-order valence-electron chi connectivity index (χ1n) is 9.54. The van der Waals surface area contributed by atoms with Crippen molar-refractivity contribution >= 4 is 29.6 Å². The van der Waals surface area contributed by atoms with E-state index in [0.29, 0.717) is 0 Å². The van der Waals surface area contributed by atoms with Crippen molar-refractivity contribution in [2.24, 2.45) is 23.3 Å². The first-order chi connectivity index (χ1) is 13.7. The van der Waals surface area contributed by atoms with Crippen LogP contribution in [0, 0.1) is 11.8 Å². The molecule has 0 aliphatic heterocycles. The van der Waals surface area contributed by atoms with Crippen molar-refractivity contribution in [3.8, 4) is 0 Å². The first kappa shape index (κ1) is 27.3. The SMILES string of the molecule is CC(C)C(NC(=O)C(NC(=O)C(NC(=O)C(N)CC(N)=O)C(C)O)C(C)C)C(=O)O. The van der Waals surface area contributed by atoms with E-state index in [1.807, 2.05) is 0 Å². The number of nitrogens with two attached hydrogens (primary N) is 2. The van der Waals surface area contributed by atoms with Gasteiger partial charge in [0.25, 0.3) is 0 Å². The zero-order valence-electron chi connectivity index (χ0n) is 17.8. The third-order valence-electron chi connectivity index (χ3n) is 4.30. The van der Waals surface area contributed by atoms with Gasteiger partial charge in [-0.2, -0.15) is 0 Å². The van der Waals surface area contributed by atoms with Crippen LogP contribution in [0.1, 0.15) is 41.0 Å². The molecule has 0 radical (unpaired) electrons. The maximum absolute atomic E-state index is 12.6. The van der Waals surface area contributed by atoms with Gasteiger partial charge in [0, 0.05) is 0 Å². The number of carboxylic acid groups (broad SMARTS) is 1. The number of carboxylic acids is 1. The Morgan fingerprint density at radius 1 is 0.767 bits per heavy atom. The van der Waals surface area contributed by atoms with E-state index in [2.05, 4.69) is 16.0 Å². The summed E-state index contributed by atoms with van der Waals surface area (Å²) in [6, 6.07) is -5.07. The predicted molar refractivity (Wildman–Crippen MR) is 107 cm³/mol. The number of carbonyl (C=O) groups is 5. The van der Waals surface area contributed by atoms with E-state index in [1.54, 1.807) is 27.7 Å². The topological polar surface area (TPSA) is 214 Å². The molecule has 0 saturated heterocycles. The highest BCUT2D eigenvalue weighted by Crippen LogP contribution is 2.08. The van der Waals surface area contributed by atoms with Gasteiger partial charge in [0.05, 0.1) is 18.6 Å². The van der Waals surface area contributed by atoms with Crippen LogP contribution in [-0.2, 0) is 24.0 Å². The number of hydrogen-bond acceptors (Lipinski definition) is 7. The zero-order valence-corrected chi connectivity index (χ0v) is 17.8. The lowest BCUT2D eigenvalue weighted by molar-refractivity contribution is -0.144. The summed E-state index contributed by atoms with van der Waals surface area (Å²) in [7, 11) is 0. The van der Waals surface area contributed by atoms with Crippen LogP contribution in [0.2, 0.25) is 0 Å². The van der Waals surface area contributed by atoms with E-state index >= 15 is 0 Å². The van der Waals surface area contributed by atoms with Crippen LogP contribution in [-0.4, -0.2) is 70.1 Å². The minimum Gasteiger partial charge on any atom is -0.480 e. The number of hydrogen-bond donors (Lipinski definition) is 7. The van der Waals surface area contributed by atoms with E-state index in [9.17, 15) is 34.2 Å². The Bertz CT molecular complexity index is 651. The summed E-state index contributed by atoms with van der Waals surface area (Å²) in [5, 5.41) is 26.1. The average molecular weight is 431 g/mol. The van der Waals surface area contributed by atoms with E-state index in [4.69, 9.17) is 11.5 Å². The Morgan fingerprint density at radius 3 is 1.53 bits per heavy atom. The van der Waals surface area contributed by atoms with E-state index in [0.717, 1.165) is 0 Å². The zero-order chi connectivity index (χ0) is 23.8. The predicted octanol–water partition coefficient (Wildman–Crippen LogP) is -2.58. The molecule has 0 spiro atoms. The molecule has 12 nitrogen and oxygen atoms in total. The molecule has 0 rings (SSSR count). The number of aliphatic carboxylic acids is 1. The molecule has 0 aromatic heterocycles. The van der Waals surface area contributed by atoms with Crippen molar-refractivity contribution < 1.29 is 34.2 Å². The smallest absolute Gasteiger partial charge is 0.326 e. The van der Waals surface area contributed by atoms with Crippen molar-refractivity contribution in [2.75, 3.05) is 0 Å². The molecule has 0 bridgehead atoms. The molecular weight excluding hydrogens is 398 g/mol. The van der Waals surface area contributed by atoms with Crippen LogP contribution >= 0.6 is 0 Å². The average Bonchev–Trinajstić information content (AvgIpc) is 2.59. The van der Waals surface area contributed by atoms with E-state index in [-0.39, 0.29) is 0 Å². The van der Waals surface area contributed by atoms with Gasteiger partial charge >= 0.3 is 5.97 Å². The molecule has 0 saturated carbocycles. The highest BCUT2D eigenvalue weighted by Gasteiger charge is 2.34. The molecule has 0 aliphatic carbocycles. The molecule has 0 aromatic carbocycles. The maximum atomic E-state index is 12.6. The lowest BCUT2D eigenvalue weighted by atomic mass is 9.99. The first-order valence-corrected chi connectivity index (χ1v) is 9.54. The molecule has 5 atom stereocenters. The number of carbonyl (C=O) groups excluding carboxylic acids is 4. The summed E-state index contributed by atoms with van der Waals surface area (Å²) < 4.78 is 0. The summed E-state index contributed by atoms with van der Waals surface area (Å²) in [5.74, 6) is -5.35. The Hall–Kier alpha value is -2.73. The normalized spacial score (nSPS) is 16.2. The van der Waals surface area contributed by atoms with Gasteiger partial charge in [0.2, 0.25) is 23.6 Å². The van der Waals surface area contributed by atoms with Gasteiger partial charge in [-0.15, -0.1) is 0 Å². The van der Waals surface area contributed by atoms with Crippen molar-refractivity contribution in [2.45, 2.75) is 71.3 Å². The van der Waals surface area contributed by atoms with Crippen molar-refractivity contribution in [3.05, 3.63) is 0 Å². The molecule has 0 aliphatic rings. The Kier molecular flexibility index (Phi) is 11.0. The van der Waals surface area contributed by atoms with Crippen LogP contribution < -0.4 is 27.4 Å². The second-order valence-electron chi connectivity index (χ2n) is 7.80. The van der Waals surface area contributed by atoms with Crippen molar-refractivity contribution in [1.29, 1.82) is 0 Å². The molecule has 0 fully saturated rings. The minimum absolute atomic E-state index is 0.397. The third kappa shape index (κ3) is 8.74. The molecule has 5 unspecified atom stereocenters. The molecule has 30 heavy (non-hydrogen) atoms. The fourth-order valence-corrected chi connectivity index (χ4v) is 2.51. The van der Waals surface area contributed by atoms with E-state index < -0.39 is 78.1 Å². The highest BCUT2D eigenvalue weighted by atomic mass is 16.4. The largest absolute Gasteiger partial charge is 0.480 e. The van der Waals surface area contributed by atoms with Gasteiger partial charge in [0.15, 0.2) is 0 Å². The lowest BCUT2D eigenvalue weighted by Crippen LogP contribution is -2.61. The number of aliphatic hydroxyl groups excluding tert-OH is 1. The standard InChI is InChI=1S/C18H33N5O7/c1-7(2)12(16(27)22-13(8(3)4)18(29)30)21-17(28)14(9(5)24)23-15(26)10(19)6-11(20)25/h7-10,12-14,24H,6,19H2,1-5H3,(H2,20,25)(H,21,28)(H,22,27)(H,23,26)(H,29,30). The molecule has 0 heterocycles. The fraction of sp³-hybridized carbons (Fsp3) is 0.722. The Balaban J connectivity index is 5.36. The van der Waals surface area contributed by atoms with Crippen LogP contribution in [0.15, 0.2) is 0 Å². The minimum atomic E-state index is -1.47. The molecule has 12 heteroatoms. The maximum Gasteiger partial charge on any atom is 0.326 e. The summed E-state index contributed by atoms with van der Waals surface area (Å²) in [6.45, 7) is 7.75. The van der Waals surface area contributed by atoms with Crippen LogP contribution in [0.5, 0.6) is 0 Å². The highest BCUT2D eigenvalue weighted by molar-refractivity contribution is 5.95. The molecule has 9 N–H and O–H groups in total. The number of nitrogens with one attached hydrogen (secondary N) is 3. The van der Waals surface area contributed by atoms with Crippen molar-refractivity contribution in [1.82, 2.24) is 16.0 Å². The quantitative estimate of drug-likeness (QED) is 0.174. The van der Waals surface area contributed by atoms with Gasteiger partial charge < -0.3 is 37.6 Å². The number of amides is 4. The number of primary amides is 1. The van der Waals surface area contributed by atoms with Gasteiger partial charge in [-0.05, 0) is 18.8 Å². The summed E-state index contributed by atoms with van der Waals surface area (Å²) in [5.41, 5.74) is 10.5. The van der Waals surface area contributed by atoms with Crippen LogP contribution in [0.25, 0.3) is 0 Å².